The molecule has 3 aromatic rings. The molecule has 0 unspecified atom stereocenters. The number of aromatic nitrogens is 1. The van der Waals surface area contributed by atoms with Crippen LogP contribution in [0.25, 0.3) is 11.3 Å². The van der Waals surface area contributed by atoms with Crippen molar-refractivity contribution in [3.05, 3.63) is 69.8 Å². The summed E-state index contributed by atoms with van der Waals surface area (Å²) in [5.74, 6) is 0.758. The number of halogens is 2. The molecule has 0 aliphatic carbocycles. The summed E-state index contributed by atoms with van der Waals surface area (Å²) in [6.07, 6.45) is 0.901. The predicted octanol–water partition coefficient (Wildman–Crippen LogP) is 5.25. The molecule has 1 aliphatic heterocycles. The molecule has 1 fully saturated rings. The Morgan fingerprint density at radius 3 is 2.53 bits per heavy atom. The van der Waals surface area contributed by atoms with Crippen molar-refractivity contribution in [1.29, 1.82) is 0 Å². The quantitative estimate of drug-likeness (QED) is 0.414. The number of piperazine rings is 1. The van der Waals surface area contributed by atoms with E-state index >= 15 is 0 Å². The molecule has 1 saturated heterocycles. The summed E-state index contributed by atoms with van der Waals surface area (Å²) in [4.78, 5) is 20.7. The van der Waals surface area contributed by atoms with Crippen molar-refractivity contribution in [3.63, 3.8) is 0 Å². The standard InChI is InChI=1S/C26H30Cl2N4O2/c1-18-21(17-23(30-18)19-7-9-20(34-2)10-8-19)26(33)29-11-4-12-31-13-15-32(16-14-31)24-6-3-5-22(27)25(24)28/h3,5-10,17,30H,4,11-16H2,1-2H3,(H,29,33). The van der Waals surface area contributed by atoms with Gasteiger partial charge in [-0.25, -0.2) is 0 Å². The van der Waals surface area contributed by atoms with E-state index in [1.54, 1.807) is 7.11 Å². The lowest BCUT2D eigenvalue weighted by Gasteiger charge is -2.36. The van der Waals surface area contributed by atoms with Crippen LogP contribution in [0.2, 0.25) is 10.0 Å². The fraction of sp³-hybridized carbons (Fsp3) is 0.346. The molecule has 0 spiro atoms. The van der Waals surface area contributed by atoms with E-state index < -0.39 is 0 Å². The highest BCUT2D eigenvalue weighted by Gasteiger charge is 2.20. The van der Waals surface area contributed by atoms with Gasteiger partial charge in [-0.05, 0) is 67.9 Å². The first-order valence-corrected chi connectivity index (χ1v) is 12.3. The maximum Gasteiger partial charge on any atom is 0.253 e. The van der Waals surface area contributed by atoms with Gasteiger partial charge in [-0.2, -0.15) is 0 Å². The van der Waals surface area contributed by atoms with Crippen molar-refractivity contribution < 1.29 is 9.53 Å². The molecule has 8 heteroatoms. The van der Waals surface area contributed by atoms with Crippen molar-refractivity contribution in [1.82, 2.24) is 15.2 Å². The van der Waals surface area contributed by atoms with Gasteiger partial charge in [0.2, 0.25) is 0 Å². The number of rotatable bonds is 8. The van der Waals surface area contributed by atoms with E-state index in [9.17, 15) is 4.79 Å². The average Bonchev–Trinajstić information content (AvgIpc) is 3.25. The monoisotopic (exact) mass is 500 g/mol. The summed E-state index contributed by atoms with van der Waals surface area (Å²) >= 11 is 12.5. The van der Waals surface area contributed by atoms with E-state index in [0.717, 1.165) is 67.5 Å². The SMILES string of the molecule is COc1ccc(-c2cc(C(=O)NCCCN3CCN(c4cccc(Cl)c4Cl)CC3)c(C)[nH]2)cc1. The summed E-state index contributed by atoms with van der Waals surface area (Å²) < 4.78 is 5.22. The molecule has 0 radical (unpaired) electrons. The largest absolute Gasteiger partial charge is 0.497 e. The van der Waals surface area contributed by atoms with Crippen LogP contribution >= 0.6 is 23.2 Å². The Balaban J connectivity index is 1.22. The van der Waals surface area contributed by atoms with Gasteiger partial charge in [-0.1, -0.05) is 29.3 Å². The Bertz CT molecular complexity index is 1120. The molecule has 34 heavy (non-hydrogen) atoms. The lowest BCUT2D eigenvalue weighted by molar-refractivity contribution is 0.0951. The van der Waals surface area contributed by atoms with Gasteiger partial charge < -0.3 is 19.9 Å². The number of aryl methyl sites for hydroxylation is 1. The number of nitrogens with one attached hydrogen (secondary N) is 2. The Hall–Kier alpha value is -2.67. The topological polar surface area (TPSA) is 60.6 Å². The minimum atomic E-state index is -0.0473. The van der Waals surface area contributed by atoms with Crippen LogP contribution in [0, 0.1) is 6.92 Å². The summed E-state index contributed by atoms with van der Waals surface area (Å²) in [7, 11) is 1.65. The molecule has 1 amide bonds. The van der Waals surface area contributed by atoms with E-state index in [-0.39, 0.29) is 5.91 Å². The molecule has 180 valence electrons. The third kappa shape index (κ3) is 5.69. The van der Waals surface area contributed by atoms with Crippen LogP contribution in [0.3, 0.4) is 0 Å². The second-order valence-corrected chi connectivity index (χ2v) is 9.25. The Morgan fingerprint density at radius 1 is 1.09 bits per heavy atom. The molecule has 4 rings (SSSR count). The van der Waals surface area contributed by atoms with Crippen LogP contribution in [0.4, 0.5) is 5.69 Å². The normalized spacial score (nSPS) is 14.3. The number of amides is 1. The molecule has 6 nitrogen and oxygen atoms in total. The van der Waals surface area contributed by atoms with Crippen molar-refractivity contribution >= 4 is 34.8 Å². The van der Waals surface area contributed by atoms with Gasteiger partial charge in [0.15, 0.2) is 0 Å². The van der Waals surface area contributed by atoms with Gasteiger partial charge in [-0.15, -0.1) is 0 Å². The van der Waals surface area contributed by atoms with Crippen LogP contribution in [0.1, 0.15) is 22.5 Å². The molecule has 2 N–H and O–H groups in total. The molecule has 2 heterocycles. The van der Waals surface area contributed by atoms with E-state index in [2.05, 4.69) is 20.1 Å². The first-order valence-electron chi connectivity index (χ1n) is 11.5. The van der Waals surface area contributed by atoms with Gasteiger partial charge in [0.25, 0.3) is 5.91 Å². The van der Waals surface area contributed by atoms with E-state index in [1.165, 1.54) is 0 Å². The fourth-order valence-electron chi connectivity index (χ4n) is 4.27. The van der Waals surface area contributed by atoms with Crippen molar-refractivity contribution in [2.45, 2.75) is 13.3 Å². The minimum absolute atomic E-state index is 0.0473. The van der Waals surface area contributed by atoms with Gasteiger partial charge in [0, 0.05) is 44.1 Å². The number of nitrogens with zero attached hydrogens (tertiary/aromatic N) is 2. The van der Waals surface area contributed by atoms with Crippen molar-refractivity contribution in [2.75, 3.05) is 51.3 Å². The van der Waals surface area contributed by atoms with Gasteiger partial charge in [0.1, 0.15) is 5.75 Å². The zero-order valence-corrected chi connectivity index (χ0v) is 21.0. The maximum absolute atomic E-state index is 12.7. The van der Waals surface area contributed by atoms with Crippen LogP contribution in [-0.2, 0) is 0 Å². The first-order chi connectivity index (χ1) is 16.5. The number of hydrogen-bond acceptors (Lipinski definition) is 4. The third-order valence-corrected chi connectivity index (χ3v) is 7.05. The van der Waals surface area contributed by atoms with Crippen LogP contribution in [-0.4, -0.2) is 62.2 Å². The molecular formula is C26H30Cl2N4O2. The predicted molar refractivity (Wildman–Crippen MR) is 140 cm³/mol. The summed E-state index contributed by atoms with van der Waals surface area (Å²) in [5.41, 5.74) is 4.47. The van der Waals surface area contributed by atoms with Crippen LogP contribution in [0.15, 0.2) is 48.5 Å². The van der Waals surface area contributed by atoms with Crippen LogP contribution < -0.4 is 15.0 Å². The Morgan fingerprint density at radius 2 is 1.82 bits per heavy atom. The van der Waals surface area contributed by atoms with Crippen molar-refractivity contribution in [2.24, 2.45) is 0 Å². The number of carbonyl (C=O) groups is 1. The molecule has 0 bridgehead atoms. The summed E-state index contributed by atoms with van der Waals surface area (Å²) in [6, 6.07) is 15.5. The van der Waals surface area contributed by atoms with Gasteiger partial charge in [-0.3, -0.25) is 9.69 Å². The van der Waals surface area contributed by atoms with Gasteiger partial charge in [0.05, 0.1) is 28.4 Å². The molecular weight excluding hydrogens is 471 g/mol. The van der Waals surface area contributed by atoms with E-state index in [4.69, 9.17) is 27.9 Å². The lowest BCUT2D eigenvalue weighted by Crippen LogP contribution is -2.47. The smallest absolute Gasteiger partial charge is 0.253 e. The van der Waals surface area contributed by atoms with E-state index in [1.807, 2.05) is 55.5 Å². The summed E-state index contributed by atoms with van der Waals surface area (Å²) in [6.45, 7) is 7.24. The first kappa shape index (κ1) is 24.5. The number of aromatic amines is 1. The number of carbonyl (C=O) groups excluding carboxylic acids is 1. The number of benzene rings is 2. The number of hydrogen-bond donors (Lipinski definition) is 2. The highest BCUT2D eigenvalue weighted by Crippen LogP contribution is 2.32. The molecule has 2 aromatic carbocycles. The molecule has 1 aliphatic rings. The van der Waals surface area contributed by atoms with Crippen molar-refractivity contribution in [3.8, 4) is 17.0 Å². The average molecular weight is 501 g/mol. The number of anilines is 1. The molecule has 1 aromatic heterocycles. The Kier molecular flexibility index (Phi) is 8.03. The minimum Gasteiger partial charge on any atom is -0.497 e. The Labute approximate surface area is 210 Å². The number of ether oxygens (including phenoxy) is 1. The lowest BCUT2D eigenvalue weighted by atomic mass is 10.1. The van der Waals surface area contributed by atoms with Crippen LogP contribution in [0.5, 0.6) is 5.75 Å². The second kappa shape index (κ2) is 11.2. The highest BCUT2D eigenvalue weighted by atomic mass is 35.5. The zero-order valence-electron chi connectivity index (χ0n) is 19.5. The summed E-state index contributed by atoms with van der Waals surface area (Å²) in [5, 5.41) is 4.27. The molecule has 0 saturated carbocycles. The highest BCUT2D eigenvalue weighted by molar-refractivity contribution is 6.43. The second-order valence-electron chi connectivity index (χ2n) is 8.46. The zero-order chi connectivity index (χ0) is 24.1. The molecule has 0 atom stereocenters. The fourth-order valence-corrected chi connectivity index (χ4v) is 4.68. The maximum atomic E-state index is 12.7. The van der Waals surface area contributed by atoms with Gasteiger partial charge >= 0.3 is 0 Å². The van der Waals surface area contributed by atoms with E-state index in [0.29, 0.717) is 22.2 Å². The third-order valence-electron chi connectivity index (χ3n) is 6.24. The number of methoxy groups -OCH3 is 1. The number of H-pyrrole nitrogens is 1.